The van der Waals surface area contributed by atoms with Crippen LogP contribution in [0, 0.1) is 17.0 Å². The first-order valence-electron chi connectivity index (χ1n) is 6.92. The fraction of sp³-hybridized carbons (Fsp3) is 0.600. The molecule has 0 aliphatic carbocycles. The van der Waals surface area contributed by atoms with Crippen molar-refractivity contribution in [2.75, 3.05) is 6.61 Å². The topological polar surface area (TPSA) is 52.4 Å². The molecule has 0 spiro atoms. The molecular formula is C15H25NO3Si. The monoisotopic (exact) mass is 295 g/mol. The van der Waals surface area contributed by atoms with E-state index in [0.717, 1.165) is 5.56 Å². The number of nitro benzene ring substituents is 1. The van der Waals surface area contributed by atoms with Crippen molar-refractivity contribution in [1.29, 1.82) is 0 Å². The normalized spacial score (nSPS) is 12.5. The van der Waals surface area contributed by atoms with Crippen molar-refractivity contribution in [2.45, 2.75) is 52.2 Å². The van der Waals surface area contributed by atoms with Crippen molar-refractivity contribution in [3.63, 3.8) is 0 Å². The lowest BCUT2D eigenvalue weighted by Gasteiger charge is -2.36. The predicted molar refractivity (Wildman–Crippen MR) is 84.7 cm³/mol. The minimum absolute atomic E-state index is 0.187. The molecule has 0 unspecified atom stereocenters. The van der Waals surface area contributed by atoms with Crippen molar-refractivity contribution >= 4 is 14.0 Å². The van der Waals surface area contributed by atoms with Crippen molar-refractivity contribution in [3.05, 3.63) is 39.4 Å². The number of hydrogen-bond acceptors (Lipinski definition) is 3. The van der Waals surface area contributed by atoms with E-state index in [9.17, 15) is 10.1 Å². The smallest absolute Gasteiger partial charge is 0.272 e. The van der Waals surface area contributed by atoms with Crippen molar-refractivity contribution in [2.24, 2.45) is 0 Å². The summed E-state index contributed by atoms with van der Waals surface area (Å²) in [5.74, 6) is 0. The second-order valence-electron chi connectivity index (χ2n) is 6.74. The van der Waals surface area contributed by atoms with Crippen molar-refractivity contribution in [3.8, 4) is 0 Å². The van der Waals surface area contributed by atoms with Gasteiger partial charge in [0.05, 0.1) is 4.92 Å². The van der Waals surface area contributed by atoms with Crippen LogP contribution in [0.15, 0.2) is 18.2 Å². The third-order valence-electron chi connectivity index (χ3n) is 4.13. The molecule has 0 aromatic heterocycles. The molecule has 112 valence electrons. The molecule has 1 rings (SSSR count). The SMILES string of the molecule is Cc1ccc(CCO[Si](C)(C)C(C)(C)C)cc1[N+](=O)[O-]. The summed E-state index contributed by atoms with van der Waals surface area (Å²) in [6.45, 7) is 13.4. The standard InChI is InChI=1S/C15H25NO3Si/c1-12-7-8-13(11-14(12)16(17)18)9-10-19-20(5,6)15(2,3)4/h7-8,11H,9-10H2,1-6H3. The summed E-state index contributed by atoms with van der Waals surface area (Å²) in [5.41, 5.74) is 1.85. The summed E-state index contributed by atoms with van der Waals surface area (Å²) < 4.78 is 6.10. The fourth-order valence-corrected chi connectivity index (χ4v) is 2.69. The van der Waals surface area contributed by atoms with Gasteiger partial charge in [-0.2, -0.15) is 0 Å². The third-order valence-corrected chi connectivity index (χ3v) is 8.67. The number of nitrogens with zero attached hydrogens (tertiary/aromatic N) is 1. The Hall–Kier alpha value is -1.20. The average molecular weight is 295 g/mol. The highest BCUT2D eigenvalue weighted by Gasteiger charge is 2.36. The number of benzene rings is 1. The summed E-state index contributed by atoms with van der Waals surface area (Å²) in [6, 6.07) is 5.40. The van der Waals surface area contributed by atoms with E-state index in [1.54, 1.807) is 19.1 Å². The Balaban J connectivity index is 2.68. The predicted octanol–water partition coefficient (Wildman–Crippen LogP) is 4.47. The van der Waals surface area contributed by atoms with Gasteiger partial charge in [-0.15, -0.1) is 0 Å². The molecule has 0 bridgehead atoms. The van der Waals surface area contributed by atoms with Crippen LogP contribution in [0.25, 0.3) is 0 Å². The van der Waals surface area contributed by atoms with Gasteiger partial charge in [0.25, 0.3) is 5.69 Å². The van der Waals surface area contributed by atoms with Gasteiger partial charge < -0.3 is 4.43 Å². The van der Waals surface area contributed by atoms with Crippen molar-refractivity contribution in [1.82, 2.24) is 0 Å². The zero-order valence-electron chi connectivity index (χ0n) is 13.3. The van der Waals surface area contributed by atoms with Crippen LogP contribution >= 0.6 is 0 Å². The highest BCUT2D eigenvalue weighted by Crippen LogP contribution is 2.36. The fourth-order valence-electron chi connectivity index (χ4n) is 1.65. The van der Waals surface area contributed by atoms with Crippen LogP contribution in [-0.4, -0.2) is 19.8 Å². The number of hydrogen-bond donors (Lipinski definition) is 0. The molecule has 0 saturated carbocycles. The molecule has 20 heavy (non-hydrogen) atoms. The first-order chi connectivity index (χ1) is 9.04. The van der Waals surface area contributed by atoms with E-state index in [2.05, 4.69) is 33.9 Å². The molecule has 5 heteroatoms. The van der Waals surface area contributed by atoms with E-state index in [-0.39, 0.29) is 15.6 Å². The van der Waals surface area contributed by atoms with E-state index >= 15 is 0 Å². The number of rotatable bonds is 5. The van der Waals surface area contributed by atoms with Crippen LogP contribution in [0.5, 0.6) is 0 Å². The maximum atomic E-state index is 10.9. The molecule has 0 aliphatic heterocycles. The molecule has 0 amide bonds. The van der Waals surface area contributed by atoms with Crippen LogP contribution in [0.4, 0.5) is 5.69 Å². The summed E-state index contributed by atoms with van der Waals surface area (Å²) in [7, 11) is -1.74. The van der Waals surface area contributed by atoms with E-state index in [0.29, 0.717) is 18.6 Å². The lowest BCUT2D eigenvalue weighted by Crippen LogP contribution is -2.41. The highest BCUT2D eigenvalue weighted by molar-refractivity contribution is 6.74. The van der Waals surface area contributed by atoms with Gasteiger partial charge in [0.2, 0.25) is 0 Å². The minimum Gasteiger partial charge on any atom is -0.416 e. The first-order valence-corrected chi connectivity index (χ1v) is 9.83. The highest BCUT2D eigenvalue weighted by atomic mass is 28.4. The van der Waals surface area contributed by atoms with Crippen LogP contribution in [0.1, 0.15) is 31.9 Å². The average Bonchev–Trinajstić information content (AvgIpc) is 2.29. The third kappa shape index (κ3) is 4.15. The molecule has 0 radical (unpaired) electrons. The van der Waals surface area contributed by atoms with Crippen LogP contribution in [0.3, 0.4) is 0 Å². The van der Waals surface area contributed by atoms with E-state index in [1.807, 2.05) is 6.07 Å². The summed E-state index contributed by atoms with van der Waals surface area (Å²) in [5, 5.41) is 11.1. The zero-order chi connectivity index (χ0) is 15.6. The lowest BCUT2D eigenvalue weighted by molar-refractivity contribution is -0.385. The Bertz CT molecular complexity index is 492. The largest absolute Gasteiger partial charge is 0.416 e. The van der Waals surface area contributed by atoms with Crippen LogP contribution in [-0.2, 0) is 10.8 Å². The maximum Gasteiger partial charge on any atom is 0.272 e. The van der Waals surface area contributed by atoms with Crippen LogP contribution in [0.2, 0.25) is 18.1 Å². The minimum atomic E-state index is -1.74. The number of nitro groups is 1. The molecule has 1 aromatic rings. The molecule has 1 aromatic carbocycles. The van der Waals surface area contributed by atoms with Gasteiger partial charge in [0.15, 0.2) is 8.32 Å². The van der Waals surface area contributed by atoms with Gasteiger partial charge in [-0.25, -0.2) is 0 Å². The van der Waals surface area contributed by atoms with Gasteiger partial charge in [0.1, 0.15) is 0 Å². The lowest BCUT2D eigenvalue weighted by atomic mass is 10.1. The second kappa shape index (κ2) is 6.05. The van der Waals surface area contributed by atoms with Gasteiger partial charge in [-0.3, -0.25) is 10.1 Å². The summed E-state index contributed by atoms with van der Waals surface area (Å²) in [6.07, 6.45) is 0.716. The summed E-state index contributed by atoms with van der Waals surface area (Å²) >= 11 is 0. The Morgan fingerprint density at radius 1 is 1.30 bits per heavy atom. The molecule has 4 nitrogen and oxygen atoms in total. The molecular weight excluding hydrogens is 270 g/mol. The number of aryl methyl sites for hydroxylation is 1. The molecule has 0 N–H and O–H groups in total. The van der Waals surface area contributed by atoms with E-state index in [4.69, 9.17) is 4.43 Å². The molecule has 0 atom stereocenters. The van der Waals surface area contributed by atoms with E-state index < -0.39 is 8.32 Å². The van der Waals surface area contributed by atoms with Gasteiger partial charge in [-0.1, -0.05) is 32.9 Å². The molecule has 0 aliphatic rings. The quantitative estimate of drug-likeness (QED) is 0.457. The Morgan fingerprint density at radius 3 is 2.40 bits per heavy atom. The van der Waals surface area contributed by atoms with Crippen molar-refractivity contribution < 1.29 is 9.35 Å². The Labute approximate surface area is 122 Å². The Morgan fingerprint density at radius 2 is 1.90 bits per heavy atom. The first kappa shape index (κ1) is 16.9. The van der Waals surface area contributed by atoms with E-state index in [1.165, 1.54) is 0 Å². The second-order valence-corrected chi connectivity index (χ2v) is 11.5. The molecule has 0 fully saturated rings. The van der Waals surface area contributed by atoms with Gasteiger partial charge in [0, 0.05) is 18.2 Å². The zero-order valence-corrected chi connectivity index (χ0v) is 14.3. The summed E-state index contributed by atoms with van der Waals surface area (Å²) in [4.78, 5) is 10.6. The van der Waals surface area contributed by atoms with Gasteiger partial charge in [-0.05, 0) is 37.0 Å². The van der Waals surface area contributed by atoms with Gasteiger partial charge >= 0.3 is 0 Å². The molecule has 0 saturated heterocycles. The maximum absolute atomic E-state index is 10.9. The Kier molecular flexibility index (Phi) is 5.10. The van der Waals surface area contributed by atoms with Crippen LogP contribution < -0.4 is 0 Å². The molecule has 0 heterocycles.